The van der Waals surface area contributed by atoms with E-state index in [1.807, 2.05) is 31.2 Å². The van der Waals surface area contributed by atoms with E-state index in [9.17, 15) is 5.11 Å². The number of aromatic nitrogens is 1. The SMILES string of the molecule is Cc1[nH]c2ccccc2c1C(C)(O)CNN. The van der Waals surface area contributed by atoms with E-state index in [1.165, 1.54) is 0 Å². The fourth-order valence-corrected chi connectivity index (χ4v) is 2.26. The zero-order chi connectivity index (χ0) is 11.8. The molecule has 4 nitrogen and oxygen atoms in total. The summed E-state index contributed by atoms with van der Waals surface area (Å²) in [5.41, 5.74) is 4.46. The van der Waals surface area contributed by atoms with E-state index in [0.717, 1.165) is 22.2 Å². The minimum Gasteiger partial charge on any atom is -0.384 e. The van der Waals surface area contributed by atoms with Gasteiger partial charge in [0.05, 0.1) is 0 Å². The van der Waals surface area contributed by atoms with Crippen molar-refractivity contribution in [2.24, 2.45) is 5.84 Å². The first-order valence-electron chi connectivity index (χ1n) is 5.30. The van der Waals surface area contributed by atoms with Gasteiger partial charge in [0.1, 0.15) is 5.60 Å². The predicted octanol–water partition coefficient (Wildman–Crippen LogP) is 1.15. The van der Waals surface area contributed by atoms with Crippen LogP contribution in [0.2, 0.25) is 0 Å². The second-order valence-corrected chi connectivity index (χ2v) is 4.33. The number of H-pyrrole nitrogens is 1. The van der Waals surface area contributed by atoms with Gasteiger partial charge in [-0.2, -0.15) is 0 Å². The molecule has 0 aliphatic rings. The minimum absolute atomic E-state index is 0.315. The summed E-state index contributed by atoms with van der Waals surface area (Å²) in [6, 6.07) is 7.93. The molecule has 1 atom stereocenters. The lowest BCUT2D eigenvalue weighted by Crippen LogP contribution is -2.39. The lowest BCUT2D eigenvalue weighted by molar-refractivity contribution is 0.0581. The summed E-state index contributed by atoms with van der Waals surface area (Å²) in [6.45, 7) is 4.03. The van der Waals surface area contributed by atoms with Crippen LogP contribution in [0, 0.1) is 6.92 Å². The number of hydrazine groups is 1. The fourth-order valence-electron chi connectivity index (χ4n) is 2.26. The van der Waals surface area contributed by atoms with Crippen molar-refractivity contribution in [3.05, 3.63) is 35.5 Å². The van der Waals surface area contributed by atoms with E-state index < -0.39 is 5.60 Å². The molecule has 2 aromatic rings. The van der Waals surface area contributed by atoms with E-state index in [0.29, 0.717) is 6.54 Å². The van der Waals surface area contributed by atoms with Crippen molar-refractivity contribution in [3.63, 3.8) is 0 Å². The Labute approximate surface area is 94.4 Å². The topological polar surface area (TPSA) is 74.1 Å². The van der Waals surface area contributed by atoms with E-state index in [1.54, 1.807) is 6.92 Å². The highest BCUT2D eigenvalue weighted by Gasteiger charge is 2.27. The zero-order valence-corrected chi connectivity index (χ0v) is 9.54. The molecule has 0 bridgehead atoms. The van der Waals surface area contributed by atoms with Crippen LogP contribution in [0.15, 0.2) is 24.3 Å². The zero-order valence-electron chi connectivity index (χ0n) is 9.54. The largest absolute Gasteiger partial charge is 0.384 e. The third kappa shape index (κ3) is 1.71. The lowest BCUT2D eigenvalue weighted by Gasteiger charge is -2.23. The molecule has 0 aliphatic carbocycles. The Morgan fingerprint density at radius 1 is 1.44 bits per heavy atom. The number of aryl methyl sites for hydroxylation is 1. The summed E-state index contributed by atoms with van der Waals surface area (Å²) in [5.74, 6) is 5.29. The molecule has 1 heterocycles. The fraction of sp³-hybridized carbons (Fsp3) is 0.333. The Bertz CT molecular complexity index is 502. The highest BCUT2D eigenvalue weighted by molar-refractivity contribution is 5.85. The summed E-state index contributed by atoms with van der Waals surface area (Å²) >= 11 is 0. The maximum absolute atomic E-state index is 10.4. The van der Waals surface area contributed by atoms with Gasteiger partial charge in [-0.1, -0.05) is 18.2 Å². The number of nitrogens with two attached hydrogens (primary N) is 1. The van der Waals surface area contributed by atoms with Crippen LogP contribution in [-0.4, -0.2) is 16.6 Å². The smallest absolute Gasteiger partial charge is 0.103 e. The quantitative estimate of drug-likeness (QED) is 0.462. The molecule has 5 N–H and O–H groups in total. The molecule has 1 aromatic heterocycles. The summed E-state index contributed by atoms with van der Waals surface area (Å²) in [4.78, 5) is 3.26. The van der Waals surface area contributed by atoms with Crippen LogP contribution in [-0.2, 0) is 5.60 Å². The molecule has 0 spiro atoms. The first-order chi connectivity index (χ1) is 7.56. The monoisotopic (exact) mass is 219 g/mol. The Morgan fingerprint density at radius 2 is 2.12 bits per heavy atom. The number of benzene rings is 1. The highest BCUT2D eigenvalue weighted by atomic mass is 16.3. The molecule has 0 saturated carbocycles. The molecule has 16 heavy (non-hydrogen) atoms. The highest BCUT2D eigenvalue weighted by Crippen LogP contribution is 2.31. The molecule has 0 aliphatic heterocycles. The summed E-state index contributed by atoms with van der Waals surface area (Å²) in [6.07, 6.45) is 0. The number of fused-ring (bicyclic) bond motifs is 1. The van der Waals surface area contributed by atoms with E-state index in [4.69, 9.17) is 5.84 Å². The first-order valence-corrected chi connectivity index (χ1v) is 5.30. The van der Waals surface area contributed by atoms with Crippen molar-refractivity contribution in [2.45, 2.75) is 19.4 Å². The molecular weight excluding hydrogens is 202 g/mol. The van der Waals surface area contributed by atoms with Crippen LogP contribution in [0.25, 0.3) is 10.9 Å². The predicted molar refractivity (Wildman–Crippen MR) is 64.8 cm³/mol. The Morgan fingerprint density at radius 3 is 2.81 bits per heavy atom. The van der Waals surface area contributed by atoms with Crippen LogP contribution in [0.5, 0.6) is 0 Å². The maximum atomic E-state index is 10.4. The van der Waals surface area contributed by atoms with Crippen LogP contribution >= 0.6 is 0 Å². The number of hydrogen-bond donors (Lipinski definition) is 4. The van der Waals surface area contributed by atoms with E-state index >= 15 is 0 Å². The summed E-state index contributed by atoms with van der Waals surface area (Å²) < 4.78 is 0. The normalized spacial score (nSPS) is 15.2. The molecule has 0 radical (unpaired) electrons. The van der Waals surface area contributed by atoms with Gasteiger partial charge in [0, 0.05) is 28.7 Å². The van der Waals surface area contributed by atoms with Crippen LogP contribution in [0.1, 0.15) is 18.2 Å². The van der Waals surface area contributed by atoms with Gasteiger partial charge in [0.2, 0.25) is 0 Å². The maximum Gasteiger partial charge on any atom is 0.103 e. The Hall–Kier alpha value is -1.36. The van der Waals surface area contributed by atoms with Gasteiger partial charge in [-0.25, -0.2) is 0 Å². The molecule has 86 valence electrons. The third-order valence-corrected chi connectivity index (χ3v) is 2.88. The summed E-state index contributed by atoms with van der Waals surface area (Å²) in [5, 5.41) is 11.4. The van der Waals surface area contributed by atoms with Crippen molar-refractivity contribution >= 4 is 10.9 Å². The average Bonchev–Trinajstić information content (AvgIpc) is 2.53. The molecule has 2 rings (SSSR count). The Kier molecular flexibility index (Phi) is 2.71. The van der Waals surface area contributed by atoms with Crippen molar-refractivity contribution in [1.82, 2.24) is 10.4 Å². The molecule has 1 unspecified atom stereocenters. The van der Waals surface area contributed by atoms with Crippen molar-refractivity contribution in [3.8, 4) is 0 Å². The first kappa shape index (κ1) is 11.1. The van der Waals surface area contributed by atoms with Crippen LogP contribution < -0.4 is 11.3 Å². The van der Waals surface area contributed by atoms with Gasteiger partial charge in [-0.05, 0) is 19.9 Å². The van der Waals surface area contributed by atoms with E-state index in [-0.39, 0.29) is 0 Å². The number of aliphatic hydroxyl groups is 1. The number of para-hydroxylation sites is 1. The van der Waals surface area contributed by atoms with Gasteiger partial charge in [0.25, 0.3) is 0 Å². The van der Waals surface area contributed by atoms with Gasteiger partial charge in [-0.3, -0.25) is 11.3 Å². The average molecular weight is 219 g/mol. The molecule has 0 fully saturated rings. The lowest BCUT2D eigenvalue weighted by atomic mass is 9.93. The molecule has 4 heteroatoms. The van der Waals surface area contributed by atoms with Crippen LogP contribution in [0.3, 0.4) is 0 Å². The third-order valence-electron chi connectivity index (χ3n) is 2.88. The van der Waals surface area contributed by atoms with Crippen molar-refractivity contribution < 1.29 is 5.11 Å². The molecule has 0 saturated heterocycles. The minimum atomic E-state index is -0.974. The second kappa shape index (κ2) is 3.90. The summed E-state index contributed by atoms with van der Waals surface area (Å²) in [7, 11) is 0. The molecule has 0 amide bonds. The van der Waals surface area contributed by atoms with Crippen molar-refractivity contribution in [1.29, 1.82) is 0 Å². The number of nitrogens with one attached hydrogen (secondary N) is 2. The standard InChI is InChI=1S/C12H17N3O/c1-8-11(12(2,16)7-14-13)9-5-3-4-6-10(9)15-8/h3-6,14-16H,7,13H2,1-2H3. The van der Waals surface area contributed by atoms with Gasteiger partial charge in [-0.15, -0.1) is 0 Å². The van der Waals surface area contributed by atoms with Crippen molar-refractivity contribution in [2.75, 3.05) is 6.54 Å². The van der Waals surface area contributed by atoms with E-state index in [2.05, 4.69) is 10.4 Å². The van der Waals surface area contributed by atoms with Gasteiger partial charge >= 0.3 is 0 Å². The van der Waals surface area contributed by atoms with Gasteiger partial charge in [0.15, 0.2) is 0 Å². The second-order valence-electron chi connectivity index (χ2n) is 4.33. The number of aromatic amines is 1. The Balaban J connectivity index is 2.63. The van der Waals surface area contributed by atoms with Gasteiger partial charge < -0.3 is 10.1 Å². The molecular formula is C12H17N3O. The van der Waals surface area contributed by atoms with Crippen LogP contribution in [0.4, 0.5) is 0 Å². The number of rotatable bonds is 3. The number of hydrogen-bond acceptors (Lipinski definition) is 3. The molecule has 1 aromatic carbocycles.